The van der Waals surface area contributed by atoms with E-state index in [9.17, 15) is 14.7 Å². The zero-order chi connectivity index (χ0) is 26.5. The highest BCUT2D eigenvalue weighted by molar-refractivity contribution is 5.77. The number of hydrogen-bond acceptors (Lipinski definition) is 3. The second-order valence-electron chi connectivity index (χ2n) is 15.6. The van der Waals surface area contributed by atoms with Crippen LogP contribution in [0.4, 0.5) is 0 Å². The zero-order valence-electron chi connectivity index (χ0n) is 24.1. The van der Waals surface area contributed by atoms with Gasteiger partial charge in [0.25, 0.3) is 0 Å². The molecular formula is C32H50O4. The molecule has 0 radical (unpaired) electrons. The summed E-state index contributed by atoms with van der Waals surface area (Å²) in [5.74, 6) is -0.0260. The first-order valence-electron chi connectivity index (χ1n) is 14.6. The van der Waals surface area contributed by atoms with Crippen molar-refractivity contribution >= 4 is 11.9 Å². The van der Waals surface area contributed by atoms with Gasteiger partial charge in [0, 0.05) is 6.92 Å². The first kappa shape index (κ1) is 26.3. The molecule has 4 saturated carbocycles. The van der Waals surface area contributed by atoms with Crippen molar-refractivity contribution in [1.29, 1.82) is 0 Å². The molecule has 0 aromatic rings. The lowest BCUT2D eigenvalue weighted by Crippen LogP contribution is -2.66. The number of esters is 1. The summed E-state index contributed by atoms with van der Waals surface area (Å²) in [4.78, 5) is 24.8. The number of rotatable bonds is 2. The molecule has 4 nitrogen and oxygen atoms in total. The lowest BCUT2D eigenvalue weighted by Gasteiger charge is -2.71. The Bertz CT molecular complexity index is 996. The number of ether oxygens (including phenoxy) is 1. The average Bonchev–Trinajstić information content (AvgIpc) is 2.77. The molecule has 0 aliphatic heterocycles. The van der Waals surface area contributed by atoms with Crippen LogP contribution in [-0.2, 0) is 14.3 Å². The summed E-state index contributed by atoms with van der Waals surface area (Å²) in [7, 11) is 0. The Morgan fingerprint density at radius 2 is 1.56 bits per heavy atom. The molecule has 5 unspecified atom stereocenters. The summed E-state index contributed by atoms with van der Waals surface area (Å²) in [6.07, 6.45) is 13.3. The minimum atomic E-state index is -1.04. The summed E-state index contributed by atoms with van der Waals surface area (Å²) >= 11 is 0. The molecule has 0 heterocycles. The van der Waals surface area contributed by atoms with Crippen molar-refractivity contribution in [2.24, 2.45) is 50.2 Å². The van der Waals surface area contributed by atoms with Crippen LogP contribution in [0.15, 0.2) is 11.6 Å². The Morgan fingerprint density at radius 1 is 0.889 bits per heavy atom. The topological polar surface area (TPSA) is 63.6 Å². The lowest BCUT2D eigenvalue weighted by molar-refractivity contribution is -0.222. The van der Waals surface area contributed by atoms with E-state index in [-0.39, 0.29) is 28.1 Å². The minimum Gasteiger partial charge on any atom is -0.481 e. The maximum absolute atomic E-state index is 12.8. The maximum Gasteiger partial charge on any atom is 0.313 e. The molecule has 4 heteroatoms. The van der Waals surface area contributed by atoms with Gasteiger partial charge >= 0.3 is 11.9 Å². The molecule has 0 spiro atoms. The van der Waals surface area contributed by atoms with Crippen molar-refractivity contribution in [2.75, 3.05) is 0 Å². The van der Waals surface area contributed by atoms with Gasteiger partial charge in [0.2, 0.25) is 0 Å². The first-order valence-corrected chi connectivity index (χ1v) is 14.6. The largest absolute Gasteiger partial charge is 0.481 e. The van der Waals surface area contributed by atoms with Crippen LogP contribution in [-0.4, -0.2) is 23.1 Å². The van der Waals surface area contributed by atoms with Crippen LogP contribution in [0.3, 0.4) is 0 Å². The fourth-order valence-electron chi connectivity index (χ4n) is 10.9. The Labute approximate surface area is 219 Å². The third kappa shape index (κ3) is 3.30. The van der Waals surface area contributed by atoms with Crippen LogP contribution < -0.4 is 0 Å². The van der Waals surface area contributed by atoms with Crippen LogP contribution in [0.2, 0.25) is 0 Å². The number of carbonyl (C=O) groups is 2. The third-order valence-electron chi connectivity index (χ3n) is 13.4. The van der Waals surface area contributed by atoms with E-state index in [1.807, 2.05) is 6.92 Å². The van der Waals surface area contributed by atoms with Crippen LogP contribution in [0.5, 0.6) is 0 Å². The quantitative estimate of drug-likeness (QED) is 0.311. The van der Waals surface area contributed by atoms with E-state index in [2.05, 4.69) is 47.6 Å². The SMILES string of the molecule is CC(=O)OC1CC[C@@]2(C)C(CC[C@]3(C)C2CC=C2[C@@H]4CC(C)(C)CCC4(C)CCC23C)[C@@]1(C)C(=O)O. The van der Waals surface area contributed by atoms with Crippen LogP contribution >= 0.6 is 0 Å². The lowest BCUT2D eigenvalue weighted by atomic mass is 9.33. The van der Waals surface area contributed by atoms with E-state index in [1.165, 1.54) is 39.0 Å². The van der Waals surface area contributed by atoms with Crippen LogP contribution in [0, 0.1) is 50.2 Å². The van der Waals surface area contributed by atoms with Crippen molar-refractivity contribution in [3.63, 3.8) is 0 Å². The van der Waals surface area contributed by atoms with E-state index in [4.69, 9.17) is 4.74 Å². The minimum absolute atomic E-state index is 0.0136. The van der Waals surface area contributed by atoms with Crippen molar-refractivity contribution in [2.45, 2.75) is 126 Å². The standard InChI is InChI=1S/C32H50O4/c1-20(33)36-25-12-13-29(5)23-10-9-21-22-19-27(2,3)15-16-28(22,4)17-18-30(21,6)31(23,7)14-11-24(29)32(25,8)26(34)35/h9,22-25H,10-19H2,1-8H3,(H,34,35)/t22-,23?,24?,25?,28?,29+,30?,31+,32+/m0/s1. The van der Waals surface area contributed by atoms with E-state index >= 15 is 0 Å². The van der Waals surface area contributed by atoms with Gasteiger partial charge in [-0.1, -0.05) is 53.2 Å². The summed E-state index contributed by atoms with van der Waals surface area (Å²) in [5.41, 5.74) is 1.81. The Balaban J connectivity index is 1.56. The molecule has 5 rings (SSSR count). The highest BCUT2D eigenvalue weighted by Crippen LogP contribution is 2.75. The van der Waals surface area contributed by atoms with Crippen LogP contribution in [0.25, 0.3) is 0 Å². The Kier molecular flexibility index (Phi) is 5.74. The van der Waals surface area contributed by atoms with Gasteiger partial charge in [-0.25, -0.2) is 0 Å². The monoisotopic (exact) mass is 498 g/mol. The Morgan fingerprint density at radius 3 is 2.19 bits per heavy atom. The van der Waals surface area contributed by atoms with Gasteiger partial charge in [0.05, 0.1) is 0 Å². The number of carboxylic acids is 1. The molecule has 202 valence electrons. The normalized spacial score (nSPS) is 51.5. The van der Waals surface area contributed by atoms with Crippen molar-refractivity contribution in [3.05, 3.63) is 11.6 Å². The van der Waals surface area contributed by atoms with Gasteiger partial charge in [-0.05, 0) is 116 Å². The van der Waals surface area contributed by atoms with E-state index in [1.54, 1.807) is 5.57 Å². The fraction of sp³-hybridized carbons (Fsp3) is 0.875. The third-order valence-corrected chi connectivity index (χ3v) is 13.4. The second kappa shape index (κ2) is 7.85. The molecular weight excluding hydrogens is 448 g/mol. The highest BCUT2D eigenvalue weighted by Gasteiger charge is 2.70. The number of carbonyl (C=O) groups excluding carboxylic acids is 1. The van der Waals surface area contributed by atoms with Gasteiger partial charge in [0.15, 0.2) is 0 Å². The Hall–Kier alpha value is -1.32. The van der Waals surface area contributed by atoms with Crippen molar-refractivity contribution in [3.8, 4) is 0 Å². The van der Waals surface area contributed by atoms with Gasteiger partial charge in [0.1, 0.15) is 11.5 Å². The van der Waals surface area contributed by atoms with Gasteiger partial charge in [-0.3, -0.25) is 9.59 Å². The molecule has 1 N–H and O–H groups in total. The molecule has 0 bridgehead atoms. The zero-order valence-corrected chi connectivity index (χ0v) is 24.1. The van der Waals surface area contributed by atoms with Gasteiger partial charge in [-0.2, -0.15) is 0 Å². The highest BCUT2D eigenvalue weighted by atomic mass is 16.5. The smallest absolute Gasteiger partial charge is 0.313 e. The molecule has 4 fully saturated rings. The fourth-order valence-corrected chi connectivity index (χ4v) is 10.9. The number of carboxylic acid groups (broad SMARTS) is 1. The molecule has 36 heavy (non-hydrogen) atoms. The second-order valence-corrected chi connectivity index (χ2v) is 15.6. The number of fused-ring (bicyclic) bond motifs is 7. The molecule has 5 aliphatic carbocycles. The molecule has 0 saturated heterocycles. The van der Waals surface area contributed by atoms with E-state index < -0.39 is 17.5 Å². The van der Waals surface area contributed by atoms with E-state index in [0.717, 1.165) is 25.7 Å². The maximum atomic E-state index is 12.8. The first-order chi connectivity index (χ1) is 16.5. The van der Waals surface area contributed by atoms with Crippen LogP contribution in [0.1, 0.15) is 120 Å². The average molecular weight is 499 g/mol. The van der Waals surface area contributed by atoms with E-state index in [0.29, 0.717) is 29.1 Å². The summed E-state index contributed by atoms with van der Waals surface area (Å²) < 4.78 is 5.69. The summed E-state index contributed by atoms with van der Waals surface area (Å²) in [5, 5.41) is 10.5. The van der Waals surface area contributed by atoms with Gasteiger partial charge < -0.3 is 9.84 Å². The van der Waals surface area contributed by atoms with Crippen molar-refractivity contribution in [1.82, 2.24) is 0 Å². The van der Waals surface area contributed by atoms with Crippen molar-refractivity contribution < 1.29 is 19.4 Å². The number of aliphatic carboxylic acids is 1. The molecule has 0 amide bonds. The molecule has 9 atom stereocenters. The molecule has 0 aromatic heterocycles. The number of allylic oxidation sites excluding steroid dienone is 2. The predicted octanol–water partition coefficient (Wildman–Crippen LogP) is 7.80. The molecule has 5 aliphatic rings. The summed E-state index contributed by atoms with van der Waals surface area (Å²) in [6, 6.07) is 0. The predicted molar refractivity (Wildman–Crippen MR) is 142 cm³/mol. The van der Waals surface area contributed by atoms with Gasteiger partial charge in [-0.15, -0.1) is 0 Å². The molecule has 0 aromatic carbocycles. The number of hydrogen-bond donors (Lipinski definition) is 1. The summed E-state index contributed by atoms with van der Waals surface area (Å²) in [6.45, 7) is 18.3.